The van der Waals surface area contributed by atoms with Gasteiger partial charge in [-0.3, -0.25) is 9.59 Å². The summed E-state index contributed by atoms with van der Waals surface area (Å²) in [6, 6.07) is 7.39. The van der Waals surface area contributed by atoms with Gasteiger partial charge in [0, 0.05) is 11.8 Å². The van der Waals surface area contributed by atoms with E-state index in [1.54, 1.807) is 13.0 Å². The monoisotopic (exact) mass is 488 g/mol. The second kappa shape index (κ2) is 10.6. The Morgan fingerprint density at radius 1 is 1.00 bits per heavy atom. The number of hydrogen-bond acceptors (Lipinski definition) is 7. The maximum absolute atomic E-state index is 14.7. The van der Waals surface area contributed by atoms with Crippen LogP contribution in [0.1, 0.15) is 54.8 Å². The van der Waals surface area contributed by atoms with Crippen molar-refractivity contribution in [1.29, 1.82) is 0 Å². The third-order valence-electron chi connectivity index (χ3n) is 5.85. The molecule has 184 valence electrons. The fourth-order valence-corrected chi connectivity index (χ4v) is 4.05. The van der Waals surface area contributed by atoms with Gasteiger partial charge in [-0.05, 0) is 68.4 Å². The Balaban J connectivity index is 1.35. The summed E-state index contributed by atoms with van der Waals surface area (Å²) in [6.45, 7) is 2.13. The van der Waals surface area contributed by atoms with Gasteiger partial charge < -0.3 is 19.8 Å². The van der Waals surface area contributed by atoms with Crippen molar-refractivity contribution in [2.24, 2.45) is 5.92 Å². The van der Waals surface area contributed by atoms with E-state index in [0.29, 0.717) is 19.4 Å². The molecule has 0 aliphatic heterocycles. The Morgan fingerprint density at radius 3 is 2.46 bits per heavy atom. The first-order chi connectivity index (χ1) is 16.8. The Morgan fingerprint density at radius 2 is 1.77 bits per heavy atom. The molecule has 1 fully saturated rings. The Kier molecular flexibility index (Phi) is 7.33. The normalized spacial score (nSPS) is 17.6. The highest BCUT2D eigenvalue weighted by atomic mass is 19.2. The van der Waals surface area contributed by atoms with Gasteiger partial charge >= 0.3 is 23.8 Å². The van der Waals surface area contributed by atoms with Crippen LogP contribution >= 0.6 is 0 Å². The first-order valence-corrected chi connectivity index (χ1v) is 11.2. The highest BCUT2D eigenvalue weighted by Crippen LogP contribution is 2.37. The van der Waals surface area contributed by atoms with E-state index in [4.69, 9.17) is 9.15 Å². The summed E-state index contributed by atoms with van der Waals surface area (Å²) in [7, 11) is 0. The fraction of sp³-hybridized carbons (Fsp3) is 0.333. The lowest BCUT2D eigenvalue weighted by atomic mass is 9.78. The molecule has 1 amide bonds. The van der Waals surface area contributed by atoms with Crippen LogP contribution in [-0.2, 0) is 9.53 Å². The summed E-state index contributed by atoms with van der Waals surface area (Å²) in [5.74, 6) is -4.18. The number of rotatable bonds is 7. The van der Waals surface area contributed by atoms with E-state index in [9.17, 15) is 22.8 Å². The summed E-state index contributed by atoms with van der Waals surface area (Å²) in [5, 5.41) is 12.1. The molecule has 4 rings (SSSR count). The maximum Gasteiger partial charge on any atom is 0.320 e. The highest BCUT2D eigenvalue weighted by molar-refractivity contribution is 6.01. The second-order valence-electron chi connectivity index (χ2n) is 8.16. The predicted octanol–water partition coefficient (Wildman–Crippen LogP) is 5.32. The number of hydrogen-bond donors (Lipinski definition) is 2. The molecule has 0 spiro atoms. The van der Waals surface area contributed by atoms with Crippen LogP contribution in [0.25, 0.3) is 0 Å². The number of amides is 1. The third kappa shape index (κ3) is 5.79. The van der Waals surface area contributed by atoms with E-state index < -0.39 is 29.2 Å². The molecule has 0 atom stereocenters. The SMILES string of the molecule is CCOC(=O)[C@H]1CC[C@H](c2ccc(NC(=O)c3nnc(Nc4ccc(F)c(F)c4)o3)c(F)c2)CC1. The van der Waals surface area contributed by atoms with Crippen LogP contribution in [0.4, 0.5) is 30.6 Å². The molecule has 1 saturated carbocycles. The second-order valence-corrected chi connectivity index (χ2v) is 8.16. The zero-order chi connectivity index (χ0) is 24.9. The standard InChI is InChI=1S/C24H23F3N4O4/c1-2-34-23(33)14-5-3-13(4-6-14)15-7-10-20(19(27)11-15)29-21(32)22-30-31-24(35-22)28-16-8-9-17(25)18(26)12-16/h7-14H,2-6H2,1H3,(H,28,31)(H,29,32)/t13-,14-. The van der Waals surface area contributed by atoms with E-state index in [-0.39, 0.29) is 35.2 Å². The van der Waals surface area contributed by atoms with Gasteiger partial charge in [0.2, 0.25) is 0 Å². The van der Waals surface area contributed by atoms with Crippen molar-refractivity contribution in [2.75, 3.05) is 17.2 Å². The van der Waals surface area contributed by atoms with Gasteiger partial charge in [-0.2, -0.15) is 0 Å². The van der Waals surface area contributed by atoms with Gasteiger partial charge in [0.15, 0.2) is 11.6 Å². The van der Waals surface area contributed by atoms with E-state index in [1.165, 1.54) is 18.2 Å². The number of ether oxygens (including phenoxy) is 1. The van der Waals surface area contributed by atoms with Crippen LogP contribution in [0.2, 0.25) is 0 Å². The molecule has 3 aromatic rings. The van der Waals surface area contributed by atoms with Gasteiger partial charge in [0.05, 0.1) is 18.2 Å². The number of anilines is 3. The molecule has 0 saturated heterocycles. The lowest BCUT2D eigenvalue weighted by Gasteiger charge is -2.27. The first-order valence-electron chi connectivity index (χ1n) is 11.2. The van der Waals surface area contributed by atoms with E-state index in [0.717, 1.165) is 30.5 Å². The molecular formula is C24H23F3N4O4. The van der Waals surface area contributed by atoms with Crippen molar-refractivity contribution >= 4 is 29.3 Å². The summed E-state index contributed by atoms with van der Waals surface area (Å²) in [6.07, 6.45) is 2.85. The number of halogens is 3. The van der Waals surface area contributed by atoms with Crippen molar-refractivity contribution in [3.63, 3.8) is 0 Å². The van der Waals surface area contributed by atoms with Crippen molar-refractivity contribution in [1.82, 2.24) is 10.2 Å². The van der Waals surface area contributed by atoms with Gasteiger partial charge in [0.25, 0.3) is 0 Å². The summed E-state index contributed by atoms with van der Waals surface area (Å²) in [4.78, 5) is 24.3. The quantitative estimate of drug-likeness (QED) is 0.434. The molecule has 0 bridgehead atoms. The molecule has 1 heterocycles. The molecule has 11 heteroatoms. The third-order valence-corrected chi connectivity index (χ3v) is 5.85. The van der Waals surface area contributed by atoms with Gasteiger partial charge in [0.1, 0.15) is 5.82 Å². The molecule has 35 heavy (non-hydrogen) atoms. The lowest BCUT2D eigenvalue weighted by molar-refractivity contribution is -0.149. The zero-order valence-corrected chi connectivity index (χ0v) is 18.8. The van der Waals surface area contributed by atoms with Crippen molar-refractivity contribution in [2.45, 2.75) is 38.5 Å². The van der Waals surface area contributed by atoms with E-state index >= 15 is 0 Å². The molecule has 1 aliphatic rings. The number of nitrogens with zero attached hydrogens (tertiary/aromatic N) is 2. The van der Waals surface area contributed by atoms with Crippen LogP contribution in [0, 0.1) is 23.4 Å². The van der Waals surface area contributed by atoms with Crippen LogP contribution in [0.15, 0.2) is 40.8 Å². The summed E-state index contributed by atoms with van der Waals surface area (Å²) < 4.78 is 51.3. The molecule has 1 aromatic heterocycles. The topological polar surface area (TPSA) is 106 Å². The minimum Gasteiger partial charge on any atom is -0.466 e. The van der Waals surface area contributed by atoms with Crippen LogP contribution < -0.4 is 10.6 Å². The number of carbonyl (C=O) groups is 2. The van der Waals surface area contributed by atoms with Gasteiger partial charge in [-0.15, -0.1) is 5.10 Å². The van der Waals surface area contributed by atoms with E-state index in [2.05, 4.69) is 20.8 Å². The Bertz CT molecular complexity index is 1230. The number of benzene rings is 2. The van der Waals surface area contributed by atoms with E-state index in [1.807, 2.05) is 0 Å². The molecule has 1 aliphatic carbocycles. The van der Waals surface area contributed by atoms with Crippen molar-refractivity contribution in [3.05, 3.63) is 65.3 Å². The van der Waals surface area contributed by atoms with Crippen molar-refractivity contribution in [3.8, 4) is 0 Å². The summed E-state index contributed by atoms with van der Waals surface area (Å²) in [5.41, 5.74) is 0.864. The minimum atomic E-state index is -1.07. The molecule has 2 N–H and O–H groups in total. The molecule has 2 aromatic carbocycles. The van der Waals surface area contributed by atoms with Gasteiger partial charge in [-0.1, -0.05) is 11.2 Å². The maximum atomic E-state index is 14.7. The molecule has 8 nitrogen and oxygen atoms in total. The average molecular weight is 488 g/mol. The molecule has 0 unspecified atom stereocenters. The Labute approximate surface area is 198 Å². The zero-order valence-electron chi connectivity index (χ0n) is 18.8. The average Bonchev–Trinajstić information content (AvgIpc) is 3.31. The van der Waals surface area contributed by atoms with Crippen LogP contribution in [-0.4, -0.2) is 28.7 Å². The summed E-state index contributed by atoms with van der Waals surface area (Å²) >= 11 is 0. The van der Waals surface area contributed by atoms with Crippen molar-refractivity contribution < 1.29 is 31.9 Å². The van der Waals surface area contributed by atoms with Crippen LogP contribution in [0.5, 0.6) is 0 Å². The number of esters is 1. The smallest absolute Gasteiger partial charge is 0.320 e. The number of aromatic nitrogens is 2. The number of nitrogens with one attached hydrogen (secondary N) is 2. The van der Waals surface area contributed by atoms with Crippen LogP contribution in [0.3, 0.4) is 0 Å². The fourth-order valence-electron chi connectivity index (χ4n) is 4.05. The highest BCUT2D eigenvalue weighted by Gasteiger charge is 2.28. The largest absolute Gasteiger partial charge is 0.466 e. The minimum absolute atomic E-state index is 0.0627. The Hall–Kier alpha value is -3.89. The molecular weight excluding hydrogens is 465 g/mol. The first kappa shape index (κ1) is 24.2. The number of carbonyl (C=O) groups excluding carboxylic acids is 2. The van der Waals surface area contributed by atoms with Gasteiger partial charge in [-0.25, -0.2) is 13.2 Å². The lowest BCUT2D eigenvalue weighted by Crippen LogP contribution is -2.23. The molecule has 0 radical (unpaired) electrons. The predicted molar refractivity (Wildman–Crippen MR) is 120 cm³/mol.